The highest BCUT2D eigenvalue weighted by molar-refractivity contribution is 5.84. The maximum Gasteiger partial charge on any atom is 0.119 e. The van der Waals surface area contributed by atoms with E-state index in [0.29, 0.717) is 0 Å². The van der Waals surface area contributed by atoms with E-state index in [1.54, 1.807) is 7.11 Å². The zero-order chi connectivity index (χ0) is 17.9. The molecule has 4 aromatic rings. The van der Waals surface area contributed by atoms with Crippen LogP contribution in [0.25, 0.3) is 10.9 Å². The fraction of sp³-hybridized carbons (Fsp3) is 0.130. The van der Waals surface area contributed by atoms with Crippen molar-refractivity contribution in [2.75, 3.05) is 19.1 Å². The van der Waals surface area contributed by atoms with Crippen molar-refractivity contribution in [3.05, 3.63) is 96.2 Å². The van der Waals surface area contributed by atoms with Gasteiger partial charge in [-0.1, -0.05) is 48.5 Å². The molecule has 0 radical (unpaired) electrons. The summed E-state index contributed by atoms with van der Waals surface area (Å²) in [6, 6.07) is 27.3. The lowest BCUT2D eigenvalue weighted by atomic mass is 9.96. The summed E-state index contributed by atoms with van der Waals surface area (Å²) in [6.07, 6.45) is 2.12. The molecule has 0 aliphatic rings. The van der Waals surface area contributed by atoms with E-state index in [2.05, 4.69) is 89.9 Å². The van der Waals surface area contributed by atoms with Gasteiger partial charge in [0.2, 0.25) is 0 Å². The van der Waals surface area contributed by atoms with Gasteiger partial charge < -0.3 is 14.6 Å². The number of rotatable bonds is 5. The number of aromatic amines is 1. The van der Waals surface area contributed by atoms with Crippen LogP contribution in [0.5, 0.6) is 5.75 Å². The van der Waals surface area contributed by atoms with Gasteiger partial charge in [0.25, 0.3) is 0 Å². The Morgan fingerprint density at radius 2 is 1.65 bits per heavy atom. The van der Waals surface area contributed by atoms with E-state index in [0.717, 1.165) is 11.3 Å². The molecule has 3 aromatic carbocycles. The summed E-state index contributed by atoms with van der Waals surface area (Å²) in [7, 11) is 3.85. The Labute approximate surface area is 153 Å². The standard InChI is InChI=1S/C23H22N2O/c1-25(18-10-4-3-5-11-18)23(17-9-8-12-19(15-17)26-2)21-16-24-22-14-7-6-13-20(21)22/h3-16,23-24H,1-2H3. The molecule has 0 aliphatic heterocycles. The second-order valence-corrected chi connectivity index (χ2v) is 6.42. The Bertz CT molecular complexity index is 1010. The molecule has 1 unspecified atom stereocenters. The van der Waals surface area contributed by atoms with Gasteiger partial charge in [0.05, 0.1) is 13.2 Å². The molecule has 1 aromatic heterocycles. The van der Waals surface area contributed by atoms with Crippen LogP contribution in [0, 0.1) is 0 Å². The van der Waals surface area contributed by atoms with Crippen molar-refractivity contribution in [2.24, 2.45) is 0 Å². The quantitative estimate of drug-likeness (QED) is 0.526. The van der Waals surface area contributed by atoms with E-state index in [1.807, 2.05) is 12.1 Å². The average Bonchev–Trinajstić information content (AvgIpc) is 3.13. The Morgan fingerprint density at radius 3 is 2.46 bits per heavy atom. The number of anilines is 1. The number of nitrogens with one attached hydrogen (secondary N) is 1. The molecular formula is C23H22N2O. The minimum absolute atomic E-state index is 0.0728. The van der Waals surface area contributed by atoms with Crippen molar-refractivity contribution in [3.8, 4) is 5.75 Å². The third-order valence-corrected chi connectivity index (χ3v) is 4.88. The van der Waals surface area contributed by atoms with Gasteiger partial charge in [-0.2, -0.15) is 0 Å². The molecule has 130 valence electrons. The molecule has 26 heavy (non-hydrogen) atoms. The Kier molecular flexibility index (Phi) is 4.36. The Morgan fingerprint density at radius 1 is 0.885 bits per heavy atom. The number of ether oxygens (including phenoxy) is 1. The molecule has 0 saturated carbocycles. The summed E-state index contributed by atoms with van der Waals surface area (Å²) in [6.45, 7) is 0. The predicted octanol–water partition coefficient (Wildman–Crippen LogP) is 5.40. The molecular weight excluding hydrogens is 320 g/mol. The second kappa shape index (κ2) is 6.96. The SMILES string of the molecule is COc1cccc(C(c2c[nH]c3ccccc23)N(C)c2ccccc2)c1. The summed E-state index contributed by atoms with van der Waals surface area (Å²) >= 11 is 0. The lowest BCUT2D eigenvalue weighted by Gasteiger charge is -2.31. The molecule has 0 bridgehead atoms. The van der Waals surface area contributed by atoms with Gasteiger partial charge in [-0.3, -0.25) is 0 Å². The number of hydrogen-bond acceptors (Lipinski definition) is 2. The number of aromatic nitrogens is 1. The number of nitrogens with zero attached hydrogens (tertiary/aromatic N) is 1. The third-order valence-electron chi connectivity index (χ3n) is 4.88. The molecule has 0 spiro atoms. The van der Waals surface area contributed by atoms with Crippen LogP contribution in [-0.4, -0.2) is 19.1 Å². The molecule has 0 saturated heterocycles. The molecule has 1 heterocycles. The van der Waals surface area contributed by atoms with Crippen LogP contribution in [0.1, 0.15) is 17.2 Å². The molecule has 3 nitrogen and oxygen atoms in total. The summed E-state index contributed by atoms with van der Waals surface area (Å²) < 4.78 is 5.47. The molecule has 1 N–H and O–H groups in total. The topological polar surface area (TPSA) is 28.3 Å². The number of methoxy groups -OCH3 is 1. The van der Waals surface area contributed by atoms with E-state index in [-0.39, 0.29) is 6.04 Å². The first-order valence-corrected chi connectivity index (χ1v) is 8.76. The number of H-pyrrole nitrogens is 1. The summed E-state index contributed by atoms with van der Waals surface area (Å²) in [5.41, 5.74) is 4.77. The highest BCUT2D eigenvalue weighted by Crippen LogP contribution is 2.36. The third kappa shape index (κ3) is 2.92. The van der Waals surface area contributed by atoms with E-state index in [1.165, 1.54) is 22.2 Å². The molecule has 3 heteroatoms. The molecule has 0 fully saturated rings. The zero-order valence-corrected chi connectivity index (χ0v) is 15.0. The maximum absolute atomic E-state index is 5.47. The summed E-state index contributed by atoms with van der Waals surface area (Å²) in [5, 5.41) is 1.24. The van der Waals surface area contributed by atoms with Gasteiger partial charge in [0, 0.05) is 35.4 Å². The van der Waals surface area contributed by atoms with Crippen molar-refractivity contribution in [2.45, 2.75) is 6.04 Å². The molecule has 0 aliphatic carbocycles. The fourth-order valence-corrected chi connectivity index (χ4v) is 3.56. The van der Waals surface area contributed by atoms with Crippen molar-refractivity contribution in [3.63, 3.8) is 0 Å². The van der Waals surface area contributed by atoms with Crippen LogP contribution in [0.4, 0.5) is 5.69 Å². The van der Waals surface area contributed by atoms with Crippen molar-refractivity contribution in [1.82, 2.24) is 4.98 Å². The van der Waals surface area contributed by atoms with E-state index in [4.69, 9.17) is 4.74 Å². The Hall–Kier alpha value is -3.20. The fourth-order valence-electron chi connectivity index (χ4n) is 3.56. The van der Waals surface area contributed by atoms with Gasteiger partial charge in [0.15, 0.2) is 0 Å². The first-order valence-electron chi connectivity index (χ1n) is 8.76. The lowest BCUT2D eigenvalue weighted by molar-refractivity contribution is 0.414. The smallest absolute Gasteiger partial charge is 0.119 e. The van der Waals surface area contributed by atoms with Gasteiger partial charge in [0.1, 0.15) is 5.75 Å². The Balaban J connectivity index is 1.89. The molecule has 0 amide bonds. The highest BCUT2D eigenvalue weighted by Gasteiger charge is 2.23. The lowest BCUT2D eigenvalue weighted by Crippen LogP contribution is -2.25. The van der Waals surface area contributed by atoms with Crippen LogP contribution < -0.4 is 9.64 Å². The van der Waals surface area contributed by atoms with Crippen LogP contribution in [0.3, 0.4) is 0 Å². The molecule has 1 atom stereocenters. The van der Waals surface area contributed by atoms with Crippen molar-refractivity contribution >= 4 is 16.6 Å². The van der Waals surface area contributed by atoms with E-state index >= 15 is 0 Å². The number of para-hydroxylation sites is 2. The first kappa shape index (κ1) is 16.3. The molecule has 4 rings (SSSR count). The number of fused-ring (bicyclic) bond motifs is 1. The normalized spacial score (nSPS) is 12.1. The van der Waals surface area contributed by atoms with E-state index < -0.39 is 0 Å². The predicted molar refractivity (Wildman–Crippen MR) is 108 cm³/mol. The first-order chi connectivity index (χ1) is 12.8. The monoisotopic (exact) mass is 342 g/mol. The van der Waals surface area contributed by atoms with Gasteiger partial charge >= 0.3 is 0 Å². The minimum Gasteiger partial charge on any atom is -0.497 e. The van der Waals surface area contributed by atoms with Crippen LogP contribution >= 0.6 is 0 Å². The average molecular weight is 342 g/mol. The number of hydrogen-bond donors (Lipinski definition) is 1. The van der Waals surface area contributed by atoms with Gasteiger partial charge in [-0.05, 0) is 35.9 Å². The van der Waals surface area contributed by atoms with Crippen LogP contribution in [0.2, 0.25) is 0 Å². The van der Waals surface area contributed by atoms with E-state index in [9.17, 15) is 0 Å². The summed E-state index contributed by atoms with van der Waals surface area (Å²) in [5.74, 6) is 0.869. The highest BCUT2D eigenvalue weighted by atomic mass is 16.5. The maximum atomic E-state index is 5.47. The summed E-state index contributed by atoms with van der Waals surface area (Å²) in [4.78, 5) is 5.73. The second-order valence-electron chi connectivity index (χ2n) is 6.42. The largest absolute Gasteiger partial charge is 0.497 e. The van der Waals surface area contributed by atoms with Crippen molar-refractivity contribution in [1.29, 1.82) is 0 Å². The van der Waals surface area contributed by atoms with Crippen molar-refractivity contribution < 1.29 is 4.74 Å². The number of benzene rings is 3. The van der Waals surface area contributed by atoms with Gasteiger partial charge in [-0.25, -0.2) is 0 Å². The van der Waals surface area contributed by atoms with Gasteiger partial charge in [-0.15, -0.1) is 0 Å². The van der Waals surface area contributed by atoms with Crippen LogP contribution in [-0.2, 0) is 0 Å². The zero-order valence-electron chi connectivity index (χ0n) is 15.0. The minimum atomic E-state index is 0.0728. The van der Waals surface area contributed by atoms with Crippen LogP contribution in [0.15, 0.2) is 85.1 Å².